The number of nitrogens with zero attached hydrogens (tertiary/aromatic N) is 3. The van der Waals surface area contributed by atoms with Gasteiger partial charge in [0.15, 0.2) is 0 Å². The molecule has 0 atom stereocenters. The molecule has 5 nitrogen and oxygen atoms in total. The van der Waals surface area contributed by atoms with Gasteiger partial charge in [0, 0.05) is 24.7 Å². The van der Waals surface area contributed by atoms with Crippen molar-refractivity contribution in [3.63, 3.8) is 0 Å². The van der Waals surface area contributed by atoms with Gasteiger partial charge in [-0.1, -0.05) is 0 Å². The van der Waals surface area contributed by atoms with E-state index in [1.54, 1.807) is 12.1 Å². The molecule has 2 aromatic rings. The van der Waals surface area contributed by atoms with E-state index in [1.165, 1.54) is 0 Å². The van der Waals surface area contributed by atoms with Gasteiger partial charge < -0.3 is 15.7 Å². The molecule has 1 fully saturated rings. The Morgan fingerprint density at radius 1 is 1.19 bits per heavy atom. The summed E-state index contributed by atoms with van der Waals surface area (Å²) < 4.78 is 0. The third-order valence-corrected chi connectivity index (χ3v) is 3.91. The van der Waals surface area contributed by atoms with Gasteiger partial charge in [0.05, 0.1) is 17.6 Å². The van der Waals surface area contributed by atoms with Crippen LogP contribution in [0.1, 0.15) is 18.7 Å². The quantitative estimate of drug-likeness (QED) is 0.883. The van der Waals surface area contributed by atoms with Crippen LogP contribution in [-0.2, 0) is 0 Å². The van der Waals surface area contributed by atoms with Gasteiger partial charge in [-0.2, -0.15) is 0 Å². The van der Waals surface area contributed by atoms with Crippen molar-refractivity contribution >= 4 is 5.69 Å². The maximum atomic E-state index is 9.45. The summed E-state index contributed by atoms with van der Waals surface area (Å²) in [7, 11) is 0. The number of phenolic OH excluding ortho intramolecular Hbond substituents is 1. The monoisotopic (exact) mass is 284 g/mol. The molecule has 0 saturated carbocycles. The lowest BCUT2D eigenvalue weighted by Crippen LogP contribution is -2.40. The van der Waals surface area contributed by atoms with Crippen LogP contribution in [0.5, 0.6) is 5.75 Å². The summed E-state index contributed by atoms with van der Waals surface area (Å²) in [6.45, 7) is 3.75. The van der Waals surface area contributed by atoms with Crippen molar-refractivity contribution in [2.24, 2.45) is 5.73 Å². The van der Waals surface area contributed by atoms with Gasteiger partial charge in [-0.3, -0.25) is 0 Å². The zero-order valence-corrected chi connectivity index (χ0v) is 12.2. The highest BCUT2D eigenvalue weighted by atomic mass is 16.3. The molecule has 1 aromatic heterocycles. The van der Waals surface area contributed by atoms with Crippen molar-refractivity contribution in [2.75, 3.05) is 18.0 Å². The fourth-order valence-electron chi connectivity index (χ4n) is 2.67. The number of aryl methyl sites for hydroxylation is 1. The maximum absolute atomic E-state index is 9.45. The van der Waals surface area contributed by atoms with E-state index in [9.17, 15) is 5.11 Å². The molecule has 1 aliphatic rings. The fourth-order valence-corrected chi connectivity index (χ4v) is 2.67. The Bertz CT molecular complexity index is 619. The van der Waals surface area contributed by atoms with Crippen molar-refractivity contribution in [3.8, 4) is 17.0 Å². The predicted octanol–water partition coefficient (Wildman–Crippen LogP) is 2.09. The SMILES string of the molecule is Cc1ncc(N2CCC(N)CC2)c(-c2ccc(O)cc2)n1. The fraction of sp³-hybridized carbons (Fsp3) is 0.375. The Hall–Kier alpha value is -2.14. The molecule has 3 N–H and O–H groups in total. The van der Waals surface area contributed by atoms with Gasteiger partial charge >= 0.3 is 0 Å². The number of anilines is 1. The van der Waals surface area contributed by atoms with E-state index in [4.69, 9.17) is 5.73 Å². The second-order valence-electron chi connectivity index (χ2n) is 5.52. The first kappa shape index (κ1) is 13.8. The average Bonchev–Trinajstić information content (AvgIpc) is 2.49. The molecular weight excluding hydrogens is 264 g/mol. The number of aromatic nitrogens is 2. The van der Waals surface area contributed by atoms with E-state index in [2.05, 4.69) is 14.9 Å². The van der Waals surface area contributed by atoms with Crippen LogP contribution in [0, 0.1) is 6.92 Å². The van der Waals surface area contributed by atoms with Crippen molar-refractivity contribution in [1.82, 2.24) is 9.97 Å². The normalized spacial score (nSPS) is 16.2. The van der Waals surface area contributed by atoms with Gasteiger partial charge in [-0.15, -0.1) is 0 Å². The van der Waals surface area contributed by atoms with Gasteiger partial charge in [-0.25, -0.2) is 9.97 Å². The van der Waals surface area contributed by atoms with Crippen LogP contribution in [-0.4, -0.2) is 34.2 Å². The summed E-state index contributed by atoms with van der Waals surface area (Å²) in [6.07, 6.45) is 3.87. The van der Waals surface area contributed by atoms with Crippen molar-refractivity contribution in [1.29, 1.82) is 0 Å². The summed E-state index contributed by atoms with van der Waals surface area (Å²) in [5, 5.41) is 9.45. The number of phenols is 1. The number of benzene rings is 1. The smallest absolute Gasteiger partial charge is 0.126 e. The lowest BCUT2D eigenvalue weighted by atomic mass is 10.0. The minimum absolute atomic E-state index is 0.259. The van der Waals surface area contributed by atoms with Gasteiger partial charge in [0.2, 0.25) is 0 Å². The maximum Gasteiger partial charge on any atom is 0.126 e. The zero-order valence-electron chi connectivity index (χ0n) is 12.2. The Morgan fingerprint density at radius 2 is 1.86 bits per heavy atom. The average molecular weight is 284 g/mol. The van der Waals surface area contributed by atoms with Crippen molar-refractivity contribution < 1.29 is 5.11 Å². The first-order valence-electron chi connectivity index (χ1n) is 7.27. The molecule has 0 bridgehead atoms. The lowest BCUT2D eigenvalue weighted by Gasteiger charge is -2.32. The highest BCUT2D eigenvalue weighted by Crippen LogP contribution is 2.31. The standard InChI is InChI=1S/C16H20N4O/c1-11-18-10-15(20-8-6-13(17)7-9-20)16(19-11)12-2-4-14(21)5-3-12/h2-5,10,13,21H,6-9,17H2,1H3. The molecule has 0 unspecified atom stereocenters. The molecule has 0 radical (unpaired) electrons. The molecule has 1 aromatic carbocycles. The molecule has 21 heavy (non-hydrogen) atoms. The van der Waals surface area contributed by atoms with Crippen molar-refractivity contribution in [2.45, 2.75) is 25.8 Å². The molecule has 3 rings (SSSR count). The summed E-state index contributed by atoms with van der Waals surface area (Å²) in [4.78, 5) is 11.2. The number of nitrogens with two attached hydrogens (primary N) is 1. The topological polar surface area (TPSA) is 75.3 Å². The largest absolute Gasteiger partial charge is 0.508 e. The molecule has 1 aliphatic heterocycles. The van der Waals surface area contributed by atoms with E-state index < -0.39 is 0 Å². The molecule has 1 saturated heterocycles. The Balaban J connectivity index is 1.99. The van der Waals surface area contributed by atoms with Gasteiger partial charge in [-0.05, 0) is 44.0 Å². The number of hydrogen-bond donors (Lipinski definition) is 2. The minimum atomic E-state index is 0.259. The molecule has 0 aliphatic carbocycles. The van der Waals surface area contributed by atoms with E-state index in [-0.39, 0.29) is 5.75 Å². The Morgan fingerprint density at radius 3 is 2.52 bits per heavy atom. The number of hydrogen-bond acceptors (Lipinski definition) is 5. The lowest BCUT2D eigenvalue weighted by molar-refractivity contribution is 0.475. The van der Waals surface area contributed by atoms with Crippen LogP contribution in [0.2, 0.25) is 0 Å². The second-order valence-corrected chi connectivity index (χ2v) is 5.52. The third-order valence-electron chi connectivity index (χ3n) is 3.91. The van der Waals surface area contributed by atoms with E-state index in [0.717, 1.165) is 48.7 Å². The highest BCUT2D eigenvalue weighted by Gasteiger charge is 2.20. The number of piperidine rings is 1. The molecule has 2 heterocycles. The summed E-state index contributed by atoms with van der Waals surface area (Å²) in [6, 6.07) is 7.43. The molecular formula is C16H20N4O. The van der Waals surface area contributed by atoms with E-state index in [1.807, 2.05) is 25.3 Å². The molecule has 110 valence electrons. The van der Waals surface area contributed by atoms with Crippen LogP contribution in [0.4, 0.5) is 5.69 Å². The number of aromatic hydroxyl groups is 1. The minimum Gasteiger partial charge on any atom is -0.508 e. The second kappa shape index (κ2) is 5.69. The van der Waals surface area contributed by atoms with Crippen LogP contribution in [0.3, 0.4) is 0 Å². The van der Waals surface area contributed by atoms with Crippen LogP contribution in [0.25, 0.3) is 11.3 Å². The van der Waals surface area contributed by atoms with E-state index >= 15 is 0 Å². The van der Waals surface area contributed by atoms with Gasteiger partial charge in [0.1, 0.15) is 11.6 Å². The summed E-state index contributed by atoms with van der Waals surface area (Å²) in [5.74, 6) is 1.01. The van der Waals surface area contributed by atoms with Crippen molar-refractivity contribution in [3.05, 3.63) is 36.3 Å². The first-order valence-corrected chi connectivity index (χ1v) is 7.27. The molecule has 0 spiro atoms. The van der Waals surface area contributed by atoms with E-state index in [0.29, 0.717) is 6.04 Å². The van der Waals surface area contributed by atoms with Crippen LogP contribution in [0.15, 0.2) is 30.5 Å². The Kier molecular flexibility index (Phi) is 3.75. The first-order chi connectivity index (χ1) is 10.1. The van der Waals surface area contributed by atoms with Crippen LogP contribution < -0.4 is 10.6 Å². The zero-order chi connectivity index (χ0) is 14.8. The third kappa shape index (κ3) is 2.97. The predicted molar refractivity (Wildman–Crippen MR) is 83.3 cm³/mol. The molecule has 5 heteroatoms. The number of rotatable bonds is 2. The van der Waals surface area contributed by atoms with Crippen LogP contribution >= 0.6 is 0 Å². The molecule has 0 amide bonds. The highest BCUT2D eigenvalue weighted by molar-refractivity contribution is 5.75. The Labute approximate surface area is 124 Å². The summed E-state index contributed by atoms with van der Waals surface area (Å²) in [5.41, 5.74) is 8.92. The van der Waals surface area contributed by atoms with Gasteiger partial charge in [0.25, 0.3) is 0 Å². The summed E-state index contributed by atoms with van der Waals surface area (Å²) >= 11 is 0.